The van der Waals surface area contributed by atoms with Crippen LogP contribution in [0.2, 0.25) is 5.02 Å². The van der Waals surface area contributed by atoms with E-state index in [1.807, 2.05) is 42.6 Å². The van der Waals surface area contributed by atoms with Crippen LogP contribution in [0.4, 0.5) is 13.2 Å². The lowest BCUT2D eigenvalue weighted by Gasteiger charge is -2.42. The minimum Gasteiger partial charge on any atom is -0.493 e. The lowest BCUT2D eigenvalue weighted by molar-refractivity contribution is -0.192. The molecule has 0 bridgehead atoms. The number of halogens is 4. The molecule has 0 spiro atoms. The quantitative estimate of drug-likeness (QED) is 0.275. The summed E-state index contributed by atoms with van der Waals surface area (Å²) in [7, 11) is -3.94. The van der Waals surface area contributed by atoms with Gasteiger partial charge in [0.2, 0.25) is 15.9 Å². The molecule has 1 atom stereocenters. The predicted octanol–water partition coefficient (Wildman–Crippen LogP) is 5.82. The Labute approximate surface area is 312 Å². The van der Waals surface area contributed by atoms with Crippen LogP contribution < -0.4 is 10.5 Å². The minimum absolute atomic E-state index is 0.0638. The number of likely N-dealkylation sites (tertiary alicyclic amines) is 1. The van der Waals surface area contributed by atoms with Crippen LogP contribution in [-0.4, -0.2) is 102 Å². The summed E-state index contributed by atoms with van der Waals surface area (Å²) in [5.74, 6) is -1.69. The molecule has 1 aromatic heterocycles. The molecule has 2 aromatic carbocycles. The van der Waals surface area contributed by atoms with Crippen molar-refractivity contribution in [2.24, 2.45) is 11.7 Å². The number of carbonyl (C=O) groups excluding carboxylic acids is 1. The summed E-state index contributed by atoms with van der Waals surface area (Å²) < 4.78 is 67.3. The van der Waals surface area contributed by atoms with Crippen molar-refractivity contribution in [1.82, 2.24) is 19.1 Å². The van der Waals surface area contributed by atoms with E-state index < -0.39 is 28.2 Å². The van der Waals surface area contributed by atoms with Crippen LogP contribution in [0, 0.1) is 5.92 Å². The molecule has 3 heterocycles. The fourth-order valence-electron chi connectivity index (χ4n) is 6.76. The Morgan fingerprint density at radius 3 is 2.13 bits per heavy atom. The lowest BCUT2D eigenvalue weighted by Crippen LogP contribution is -2.61. The minimum atomic E-state index is -5.08. The van der Waals surface area contributed by atoms with Crippen molar-refractivity contribution in [3.05, 3.63) is 77.4 Å². The zero-order valence-corrected chi connectivity index (χ0v) is 30.8. The Hall–Kier alpha value is -3.76. The maximum atomic E-state index is 14.1. The van der Waals surface area contributed by atoms with Crippen molar-refractivity contribution in [3.8, 4) is 17.0 Å². The maximum absolute atomic E-state index is 14.1. The number of rotatable bonds is 9. The summed E-state index contributed by atoms with van der Waals surface area (Å²) in [5, 5.41) is 7.80. The largest absolute Gasteiger partial charge is 0.493 e. The molecule has 3 aliphatic rings. The number of hydrogen-bond donors (Lipinski definition) is 2. The van der Waals surface area contributed by atoms with Crippen molar-refractivity contribution in [3.63, 3.8) is 0 Å². The molecule has 1 aliphatic carbocycles. The van der Waals surface area contributed by atoms with Gasteiger partial charge in [-0.3, -0.25) is 14.7 Å². The summed E-state index contributed by atoms with van der Waals surface area (Å²) in [5.41, 5.74) is 8.93. The second-order valence-electron chi connectivity index (χ2n) is 13.7. The van der Waals surface area contributed by atoms with Gasteiger partial charge in [0, 0.05) is 62.1 Å². The third-order valence-electron chi connectivity index (χ3n) is 9.81. The highest BCUT2D eigenvalue weighted by molar-refractivity contribution is 7.89. The van der Waals surface area contributed by atoms with Crippen LogP contribution in [0.5, 0.6) is 5.75 Å². The molecule has 11 nitrogen and oxygen atoms in total. The predicted molar refractivity (Wildman–Crippen MR) is 194 cm³/mol. The molecule has 0 unspecified atom stereocenters. The number of piperazine rings is 1. The van der Waals surface area contributed by atoms with Crippen LogP contribution in [0.25, 0.3) is 11.3 Å². The van der Waals surface area contributed by atoms with Gasteiger partial charge < -0.3 is 20.5 Å². The number of carboxylic acids is 1. The van der Waals surface area contributed by atoms with Gasteiger partial charge in [0.05, 0.1) is 17.2 Å². The molecule has 2 aliphatic heterocycles. The van der Waals surface area contributed by atoms with Crippen LogP contribution in [0.15, 0.2) is 71.8 Å². The number of carboxylic acid groups (broad SMARTS) is 1. The third kappa shape index (κ3) is 11.1. The van der Waals surface area contributed by atoms with Gasteiger partial charge in [-0.25, -0.2) is 13.2 Å². The summed E-state index contributed by atoms with van der Waals surface area (Å²) in [6.45, 7) is 3.29. The van der Waals surface area contributed by atoms with E-state index in [9.17, 15) is 26.4 Å². The normalized spacial score (nSPS) is 19.6. The Morgan fingerprint density at radius 1 is 0.906 bits per heavy atom. The highest BCUT2D eigenvalue weighted by atomic mass is 35.5. The Balaban J connectivity index is 0.000000705. The number of nitrogens with zero attached hydrogens (tertiary/aromatic N) is 4. The van der Waals surface area contributed by atoms with Crippen molar-refractivity contribution >= 4 is 33.5 Å². The molecule has 3 N–H and O–H groups in total. The van der Waals surface area contributed by atoms with E-state index >= 15 is 0 Å². The Morgan fingerprint density at radius 2 is 1.55 bits per heavy atom. The van der Waals surface area contributed by atoms with E-state index in [1.54, 1.807) is 29.2 Å². The molecule has 0 radical (unpaired) electrons. The van der Waals surface area contributed by atoms with Crippen molar-refractivity contribution < 1.29 is 41.0 Å². The monoisotopic (exact) mass is 779 g/mol. The molecule has 3 aromatic rings. The summed E-state index contributed by atoms with van der Waals surface area (Å²) >= 11 is 6.03. The zero-order chi connectivity index (χ0) is 38.2. The van der Waals surface area contributed by atoms with Gasteiger partial charge in [0.1, 0.15) is 11.8 Å². The number of hydrogen-bond acceptors (Lipinski definition) is 8. The van der Waals surface area contributed by atoms with E-state index in [0.717, 1.165) is 16.8 Å². The van der Waals surface area contributed by atoms with E-state index in [1.165, 1.54) is 36.4 Å². The summed E-state index contributed by atoms with van der Waals surface area (Å²) in [6, 6.07) is 17.5. The van der Waals surface area contributed by atoms with Gasteiger partial charge in [0.25, 0.3) is 0 Å². The molecule has 16 heteroatoms. The average molecular weight is 780 g/mol. The topological polar surface area (TPSA) is 146 Å². The Bertz CT molecular complexity index is 1770. The number of carbonyl (C=O) groups is 2. The van der Waals surface area contributed by atoms with E-state index in [2.05, 4.69) is 9.88 Å². The Kier molecular flexibility index (Phi) is 13.8. The van der Waals surface area contributed by atoms with Crippen molar-refractivity contribution in [1.29, 1.82) is 0 Å². The van der Waals surface area contributed by atoms with Gasteiger partial charge in [-0.1, -0.05) is 49.1 Å². The maximum Gasteiger partial charge on any atom is 0.490 e. The highest BCUT2D eigenvalue weighted by Gasteiger charge is 2.42. The first-order valence-electron chi connectivity index (χ1n) is 17.7. The first kappa shape index (κ1) is 40.4. The van der Waals surface area contributed by atoms with Gasteiger partial charge in [-0.05, 0) is 79.6 Å². The standard InChI is InChI=1S/C35H44ClN5O4S.C2HF3O2/c36-29-9-7-28(8-10-29)33-15-6-27(22-38-33)23-39-20-21-41(34(24-39)35(42)40-18-16-30(37)17-19-40)46(43,44)32-13-11-31(12-14-32)45-25-26-4-2-1-3-5-26;3-2(4,5)1(6)7/h6-15,22,26,30,34H,1-5,16-21,23-25,37H2;(H,6,7)/t34-;/m0./s1. The second-order valence-corrected chi connectivity index (χ2v) is 16.0. The number of pyridine rings is 1. The number of benzene rings is 2. The smallest absolute Gasteiger partial charge is 0.490 e. The average Bonchev–Trinajstić information content (AvgIpc) is 3.15. The number of aliphatic carboxylic acids is 1. The molecular weight excluding hydrogens is 735 g/mol. The summed E-state index contributed by atoms with van der Waals surface area (Å²) in [4.78, 5) is 31.6. The zero-order valence-electron chi connectivity index (χ0n) is 29.3. The van der Waals surface area contributed by atoms with Gasteiger partial charge in [-0.2, -0.15) is 17.5 Å². The van der Waals surface area contributed by atoms with E-state index in [4.69, 9.17) is 32.0 Å². The first-order chi connectivity index (χ1) is 25.2. The van der Waals surface area contributed by atoms with Gasteiger partial charge in [-0.15, -0.1) is 0 Å². The number of aromatic nitrogens is 1. The van der Waals surface area contributed by atoms with Gasteiger partial charge >= 0.3 is 12.1 Å². The molecule has 6 rings (SSSR count). The van der Waals surface area contributed by atoms with Crippen molar-refractivity contribution in [2.75, 3.05) is 39.3 Å². The molecule has 3 fully saturated rings. The van der Waals surface area contributed by atoms with Crippen LogP contribution >= 0.6 is 11.6 Å². The third-order valence-corrected chi connectivity index (χ3v) is 12.0. The number of sulfonamides is 1. The molecule has 2 saturated heterocycles. The molecule has 1 saturated carbocycles. The fourth-order valence-corrected chi connectivity index (χ4v) is 8.46. The number of ether oxygens (including phenoxy) is 1. The molecule has 53 heavy (non-hydrogen) atoms. The number of nitrogens with two attached hydrogens (primary N) is 1. The number of piperidine rings is 1. The number of amides is 1. The lowest BCUT2D eigenvalue weighted by atomic mass is 9.90. The molecule has 1 amide bonds. The summed E-state index contributed by atoms with van der Waals surface area (Å²) in [6.07, 6.45) is 4.33. The van der Waals surface area contributed by atoms with E-state index in [0.29, 0.717) is 68.9 Å². The van der Waals surface area contributed by atoms with Crippen LogP contribution in [-0.2, 0) is 26.2 Å². The fraction of sp³-hybridized carbons (Fsp3) is 0.486. The molecular formula is C37H45ClF3N5O6S. The van der Waals surface area contributed by atoms with E-state index in [-0.39, 0.29) is 23.4 Å². The SMILES string of the molecule is NC1CCN(C(=O)[C@@H]2CN(Cc3ccc(-c4ccc(Cl)cc4)nc3)CCN2S(=O)(=O)c2ccc(OCC3CCCCC3)cc2)CC1.O=C(O)C(F)(F)F. The second kappa shape index (κ2) is 18.0. The van der Waals surface area contributed by atoms with Crippen molar-refractivity contribution in [2.45, 2.75) is 74.6 Å². The van der Waals surface area contributed by atoms with Crippen LogP contribution in [0.1, 0.15) is 50.5 Å². The number of alkyl halides is 3. The molecule has 288 valence electrons. The first-order valence-corrected chi connectivity index (χ1v) is 19.5. The highest BCUT2D eigenvalue weighted by Crippen LogP contribution is 2.28. The van der Waals surface area contributed by atoms with Crippen LogP contribution in [0.3, 0.4) is 0 Å². The van der Waals surface area contributed by atoms with Gasteiger partial charge in [0.15, 0.2) is 0 Å².